The van der Waals surface area contributed by atoms with Crippen LogP contribution in [-0.2, 0) is 33.1 Å². The van der Waals surface area contributed by atoms with Crippen molar-refractivity contribution < 1.29 is 67.0 Å². The Hall–Kier alpha value is 0.770. The van der Waals surface area contributed by atoms with Gasteiger partial charge in [0.25, 0.3) is 0 Å². The summed E-state index contributed by atoms with van der Waals surface area (Å²) in [6, 6.07) is 0. The van der Waals surface area contributed by atoms with Crippen LogP contribution in [0.5, 0.6) is 0 Å². The molecule has 0 heterocycles. The number of nitrogens with zero attached hydrogens (tertiary/aromatic N) is 2. The first-order valence-electron chi connectivity index (χ1n) is 6.47. The molecule has 4 nitrogen and oxygen atoms in total. The van der Waals surface area contributed by atoms with E-state index in [2.05, 4.69) is 0 Å². The second kappa shape index (κ2) is 15.2. The van der Waals surface area contributed by atoms with Gasteiger partial charge in [0.05, 0.1) is 0 Å². The SMILES string of the molecule is CCCC(=O)[N](CC)[Hf+2][N](CC)C(=O)CCC.[Br-].[Br-]. The number of hydrogen-bond acceptors (Lipinski definition) is 2. The van der Waals surface area contributed by atoms with E-state index in [-0.39, 0.29) is 45.8 Å². The monoisotopic (exact) mass is 566 g/mol. The molecular weight excluding hydrogens is 542 g/mol. The maximum atomic E-state index is 11.8. The number of amides is 2. The van der Waals surface area contributed by atoms with Gasteiger partial charge in [0, 0.05) is 0 Å². The minimum Gasteiger partial charge on any atom is -1.00 e. The minimum absolute atomic E-state index is 0. The number of hydrogen-bond donors (Lipinski definition) is 0. The molecule has 0 aromatic rings. The van der Waals surface area contributed by atoms with Crippen molar-refractivity contribution in [3.8, 4) is 0 Å². The van der Waals surface area contributed by atoms with Crippen molar-refractivity contribution in [3.63, 3.8) is 0 Å². The molecule has 0 unspecified atom stereocenters. The zero-order chi connectivity index (χ0) is 13.3. The Bertz CT molecular complexity index is 232. The summed E-state index contributed by atoms with van der Waals surface area (Å²) in [6.07, 6.45) is 2.99. The van der Waals surface area contributed by atoms with Gasteiger partial charge in [0.1, 0.15) is 0 Å². The van der Waals surface area contributed by atoms with Crippen molar-refractivity contribution in [2.45, 2.75) is 53.4 Å². The first-order valence-corrected chi connectivity index (χ1v) is 9.68. The second-order valence-corrected chi connectivity index (χ2v) is 8.47. The molecule has 0 radical (unpaired) electrons. The third-order valence-corrected chi connectivity index (χ3v) is 8.20. The zero-order valence-corrected chi connectivity index (χ0v) is 19.0. The molecule has 0 spiro atoms. The summed E-state index contributed by atoms with van der Waals surface area (Å²) in [7, 11) is 0. The first kappa shape index (κ1) is 24.8. The van der Waals surface area contributed by atoms with E-state index >= 15 is 0 Å². The zero-order valence-electron chi connectivity index (χ0n) is 12.2. The topological polar surface area (TPSA) is 40.6 Å². The van der Waals surface area contributed by atoms with Gasteiger partial charge in [0.15, 0.2) is 0 Å². The molecular formula is C12H24Br2HfN2O2. The van der Waals surface area contributed by atoms with E-state index in [1.165, 1.54) is 0 Å². The molecule has 0 saturated heterocycles. The third kappa shape index (κ3) is 10.2. The van der Waals surface area contributed by atoms with Crippen LogP contribution in [0.25, 0.3) is 0 Å². The standard InChI is InChI=1S/2C6H13NO.2BrH.Hf/c2*1-3-5-6(8)7-4-2;;;/h2*3-5H2,1-2H3,(H,7,8);2*1H;/q;;;;+4/p-4. The fourth-order valence-electron chi connectivity index (χ4n) is 1.45. The molecule has 0 aliphatic heterocycles. The number of carbonyl (C=O) groups is 2. The quantitative estimate of drug-likeness (QED) is 0.283. The van der Waals surface area contributed by atoms with Crippen LogP contribution in [0.15, 0.2) is 0 Å². The third-order valence-electron chi connectivity index (χ3n) is 2.40. The van der Waals surface area contributed by atoms with Crippen molar-refractivity contribution >= 4 is 11.8 Å². The first-order chi connectivity index (χ1) is 8.10. The summed E-state index contributed by atoms with van der Waals surface area (Å²) in [5, 5.41) is 0. The maximum absolute atomic E-state index is 11.8. The Kier molecular flexibility index (Phi) is 19.8. The Morgan fingerprint density at radius 3 is 1.32 bits per heavy atom. The Labute approximate surface area is 150 Å². The molecule has 0 N–H and O–H groups in total. The van der Waals surface area contributed by atoms with Crippen LogP contribution in [0.1, 0.15) is 53.4 Å². The predicted octanol–water partition coefficient (Wildman–Crippen LogP) is -3.80. The van der Waals surface area contributed by atoms with Gasteiger partial charge in [-0.1, -0.05) is 0 Å². The van der Waals surface area contributed by atoms with E-state index in [4.69, 9.17) is 0 Å². The normalized spacial score (nSPS) is 8.63. The van der Waals surface area contributed by atoms with E-state index in [0.29, 0.717) is 12.8 Å². The number of carbonyl (C=O) groups excluding carboxylic acids is 2. The van der Waals surface area contributed by atoms with Crippen LogP contribution < -0.4 is 34.0 Å². The average Bonchev–Trinajstić information content (AvgIpc) is 2.31. The molecule has 0 saturated carbocycles. The molecule has 0 aromatic carbocycles. The number of rotatable bonds is 8. The van der Waals surface area contributed by atoms with Crippen molar-refractivity contribution in [3.05, 3.63) is 0 Å². The van der Waals surface area contributed by atoms with Crippen molar-refractivity contribution in [1.82, 2.24) is 5.78 Å². The Balaban J connectivity index is -0.00000128. The van der Waals surface area contributed by atoms with Gasteiger partial charge >= 0.3 is 117 Å². The predicted molar refractivity (Wildman–Crippen MR) is 64.6 cm³/mol. The van der Waals surface area contributed by atoms with E-state index in [0.717, 1.165) is 25.9 Å². The van der Waals surface area contributed by atoms with Crippen molar-refractivity contribution in [2.75, 3.05) is 13.1 Å². The van der Waals surface area contributed by atoms with Gasteiger partial charge in [-0.2, -0.15) is 0 Å². The van der Waals surface area contributed by atoms with E-state index in [1.807, 2.05) is 33.5 Å². The molecule has 112 valence electrons. The summed E-state index contributed by atoms with van der Waals surface area (Å²) in [4.78, 5) is 23.7. The molecule has 0 aromatic heterocycles. The van der Waals surface area contributed by atoms with Crippen LogP contribution in [0.4, 0.5) is 0 Å². The second-order valence-electron chi connectivity index (χ2n) is 3.88. The Morgan fingerprint density at radius 2 is 1.11 bits per heavy atom. The molecule has 0 aliphatic rings. The molecule has 0 fully saturated rings. The largest absolute Gasteiger partial charge is 1.00 e. The fraction of sp³-hybridized carbons (Fsp3) is 0.833. The van der Waals surface area contributed by atoms with Gasteiger partial charge in [0.2, 0.25) is 0 Å². The van der Waals surface area contributed by atoms with E-state index in [1.54, 1.807) is 0 Å². The molecule has 0 rings (SSSR count). The van der Waals surface area contributed by atoms with Crippen LogP contribution in [0.2, 0.25) is 0 Å². The summed E-state index contributed by atoms with van der Waals surface area (Å²) in [6.45, 7) is 9.52. The summed E-state index contributed by atoms with van der Waals surface area (Å²) in [5.74, 6) is 0.446. The summed E-state index contributed by atoms with van der Waals surface area (Å²) in [5.41, 5.74) is 0. The van der Waals surface area contributed by atoms with Gasteiger partial charge in [-0.15, -0.1) is 0 Å². The maximum Gasteiger partial charge on any atom is -1.00 e. The van der Waals surface area contributed by atoms with E-state index in [9.17, 15) is 9.59 Å². The molecule has 0 atom stereocenters. The molecule has 7 heteroatoms. The van der Waals surface area contributed by atoms with Crippen molar-refractivity contribution in [2.24, 2.45) is 0 Å². The van der Waals surface area contributed by atoms with Gasteiger partial charge in [-0.25, -0.2) is 0 Å². The molecule has 19 heavy (non-hydrogen) atoms. The minimum atomic E-state index is -1.47. The van der Waals surface area contributed by atoms with Crippen LogP contribution in [-0.4, -0.2) is 30.7 Å². The Morgan fingerprint density at radius 1 is 0.789 bits per heavy atom. The van der Waals surface area contributed by atoms with E-state index < -0.39 is 23.5 Å². The molecule has 0 aliphatic carbocycles. The van der Waals surface area contributed by atoms with Gasteiger partial charge in [-0.05, 0) is 0 Å². The fourth-order valence-corrected chi connectivity index (χ4v) is 5.12. The summed E-state index contributed by atoms with van der Waals surface area (Å²) >= 11 is -1.47. The van der Waals surface area contributed by atoms with Crippen molar-refractivity contribution in [1.29, 1.82) is 0 Å². The average molecular weight is 567 g/mol. The molecule has 2 amide bonds. The van der Waals surface area contributed by atoms with Gasteiger partial charge < -0.3 is 34.0 Å². The van der Waals surface area contributed by atoms with Crippen LogP contribution in [0, 0.1) is 0 Å². The van der Waals surface area contributed by atoms with Gasteiger partial charge in [-0.3, -0.25) is 0 Å². The smallest absolute Gasteiger partial charge is 1.00 e. The molecule has 0 bridgehead atoms. The van der Waals surface area contributed by atoms with Crippen LogP contribution >= 0.6 is 0 Å². The number of halogens is 2. The van der Waals surface area contributed by atoms with Crippen LogP contribution in [0.3, 0.4) is 0 Å². The summed E-state index contributed by atoms with van der Waals surface area (Å²) < 4.78 is 3.89.